The summed E-state index contributed by atoms with van der Waals surface area (Å²) in [5.74, 6) is -0.208. The van der Waals surface area contributed by atoms with Crippen LogP contribution < -0.4 is 0 Å². The van der Waals surface area contributed by atoms with Crippen LogP contribution in [0.2, 0.25) is 0 Å². The second-order valence-electron chi connectivity index (χ2n) is 5.70. The molecule has 0 bridgehead atoms. The summed E-state index contributed by atoms with van der Waals surface area (Å²) in [5.41, 5.74) is 0.372. The molecule has 1 N–H and O–H groups in total. The zero-order chi connectivity index (χ0) is 13.2. The Bertz CT molecular complexity index is 405. The van der Waals surface area contributed by atoms with Crippen molar-refractivity contribution in [1.29, 1.82) is 0 Å². The lowest BCUT2D eigenvalue weighted by Gasteiger charge is -2.27. The molecule has 1 saturated heterocycles. The SMILES string of the molecule is CC(C)(O)c1ccc(CN2CCCCC2)c(F)c1. The van der Waals surface area contributed by atoms with E-state index in [0.717, 1.165) is 18.7 Å². The van der Waals surface area contributed by atoms with E-state index in [-0.39, 0.29) is 5.82 Å². The predicted octanol–water partition coefficient (Wildman–Crippen LogP) is 3.04. The van der Waals surface area contributed by atoms with Crippen molar-refractivity contribution in [1.82, 2.24) is 4.90 Å². The predicted molar refractivity (Wildman–Crippen MR) is 70.8 cm³/mol. The Balaban J connectivity index is 2.09. The Labute approximate surface area is 108 Å². The molecule has 0 aromatic heterocycles. The summed E-state index contributed by atoms with van der Waals surface area (Å²) in [5, 5.41) is 9.85. The number of hydrogen-bond acceptors (Lipinski definition) is 2. The van der Waals surface area contributed by atoms with Gasteiger partial charge in [-0.1, -0.05) is 18.6 Å². The van der Waals surface area contributed by atoms with Gasteiger partial charge in [-0.25, -0.2) is 4.39 Å². The highest BCUT2D eigenvalue weighted by Crippen LogP contribution is 2.23. The van der Waals surface area contributed by atoms with Gasteiger partial charge in [0, 0.05) is 12.1 Å². The number of aliphatic hydroxyl groups is 1. The highest BCUT2D eigenvalue weighted by atomic mass is 19.1. The normalized spacial score (nSPS) is 18.0. The van der Waals surface area contributed by atoms with E-state index < -0.39 is 5.60 Å². The molecule has 0 atom stereocenters. The van der Waals surface area contributed by atoms with Gasteiger partial charge in [-0.2, -0.15) is 0 Å². The van der Waals surface area contributed by atoms with E-state index >= 15 is 0 Å². The molecule has 1 aromatic rings. The molecule has 0 spiro atoms. The molecule has 1 aliphatic heterocycles. The molecule has 18 heavy (non-hydrogen) atoms. The van der Waals surface area contributed by atoms with Crippen LogP contribution in [0.1, 0.15) is 44.2 Å². The van der Waals surface area contributed by atoms with E-state index in [2.05, 4.69) is 4.90 Å². The van der Waals surface area contributed by atoms with Gasteiger partial charge in [0.1, 0.15) is 5.82 Å². The minimum absolute atomic E-state index is 0.208. The lowest BCUT2D eigenvalue weighted by atomic mass is 9.96. The molecule has 1 heterocycles. The maximum Gasteiger partial charge on any atom is 0.128 e. The molecular formula is C15H22FNO. The van der Waals surface area contributed by atoms with Crippen LogP contribution in [0.4, 0.5) is 4.39 Å². The van der Waals surface area contributed by atoms with Crippen LogP contribution in [-0.2, 0) is 12.1 Å². The monoisotopic (exact) mass is 251 g/mol. The summed E-state index contributed by atoms with van der Waals surface area (Å²) < 4.78 is 14.0. The molecule has 2 nitrogen and oxygen atoms in total. The van der Waals surface area contributed by atoms with Gasteiger partial charge in [0.25, 0.3) is 0 Å². The van der Waals surface area contributed by atoms with Gasteiger partial charge in [-0.05, 0) is 51.4 Å². The van der Waals surface area contributed by atoms with E-state index in [4.69, 9.17) is 0 Å². The summed E-state index contributed by atoms with van der Waals surface area (Å²) in [6.07, 6.45) is 3.71. The Hall–Kier alpha value is -0.930. The molecule has 0 saturated carbocycles. The smallest absolute Gasteiger partial charge is 0.128 e. The van der Waals surface area contributed by atoms with Crippen molar-refractivity contribution in [2.45, 2.75) is 45.3 Å². The van der Waals surface area contributed by atoms with E-state index in [1.165, 1.54) is 25.3 Å². The maximum absolute atomic E-state index is 14.0. The number of nitrogens with zero attached hydrogens (tertiary/aromatic N) is 1. The Morgan fingerprint density at radius 2 is 1.89 bits per heavy atom. The number of hydrogen-bond donors (Lipinski definition) is 1. The first-order chi connectivity index (χ1) is 8.47. The lowest BCUT2D eigenvalue weighted by molar-refractivity contribution is 0.0781. The largest absolute Gasteiger partial charge is 0.386 e. The van der Waals surface area contributed by atoms with Gasteiger partial charge >= 0.3 is 0 Å². The van der Waals surface area contributed by atoms with Crippen molar-refractivity contribution in [2.24, 2.45) is 0 Å². The van der Waals surface area contributed by atoms with E-state index in [1.54, 1.807) is 19.9 Å². The van der Waals surface area contributed by atoms with Crippen LogP contribution in [0.5, 0.6) is 0 Å². The van der Waals surface area contributed by atoms with Crippen molar-refractivity contribution in [3.63, 3.8) is 0 Å². The second kappa shape index (κ2) is 5.37. The zero-order valence-corrected chi connectivity index (χ0v) is 11.2. The molecule has 0 radical (unpaired) electrons. The average Bonchev–Trinajstić information content (AvgIpc) is 2.32. The second-order valence-corrected chi connectivity index (χ2v) is 5.70. The number of likely N-dealkylation sites (tertiary alicyclic amines) is 1. The first-order valence-corrected chi connectivity index (χ1v) is 6.70. The first-order valence-electron chi connectivity index (χ1n) is 6.70. The van der Waals surface area contributed by atoms with Crippen LogP contribution in [-0.4, -0.2) is 23.1 Å². The van der Waals surface area contributed by atoms with E-state index in [1.807, 2.05) is 6.07 Å². The molecule has 1 aromatic carbocycles. The van der Waals surface area contributed by atoms with Gasteiger partial charge in [0.05, 0.1) is 5.60 Å². The van der Waals surface area contributed by atoms with Gasteiger partial charge < -0.3 is 5.11 Å². The molecule has 2 rings (SSSR count). The molecule has 1 aliphatic rings. The minimum Gasteiger partial charge on any atom is -0.386 e. The molecule has 0 amide bonds. The van der Waals surface area contributed by atoms with Gasteiger partial charge in [0.15, 0.2) is 0 Å². The molecule has 3 heteroatoms. The number of piperidine rings is 1. The number of benzene rings is 1. The van der Waals surface area contributed by atoms with Crippen LogP contribution in [0, 0.1) is 5.82 Å². The quantitative estimate of drug-likeness (QED) is 0.892. The molecular weight excluding hydrogens is 229 g/mol. The first kappa shape index (κ1) is 13.5. The zero-order valence-electron chi connectivity index (χ0n) is 11.2. The summed E-state index contributed by atoms with van der Waals surface area (Å²) >= 11 is 0. The van der Waals surface area contributed by atoms with Gasteiger partial charge in [-0.3, -0.25) is 4.90 Å². The fourth-order valence-electron chi connectivity index (χ4n) is 2.41. The van der Waals surface area contributed by atoms with Crippen molar-refractivity contribution in [2.75, 3.05) is 13.1 Å². The third-order valence-corrected chi connectivity index (χ3v) is 3.60. The molecule has 1 fully saturated rings. The summed E-state index contributed by atoms with van der Waals surface area (Å²) in [7, 11) is 0. The van der Waals surface area contributed by atoms with Crippen molar-refractivity contribution in [3.8, 4) is 0 Å². The standard InChI is InChI=1S/C15H22FNO/c1-15(2,18)13-7-6-12(14(16)10-13)11-17-8-4-3-5-9-17/h6-7,10,18H,3-5,8-9,11H2,1-2H3. The number of rotatable bonds is 3. The van der Waals surface area contributed by atoms with Crippen molar-refractivity contribution >= 4 is 0 Å². The summed E-state index contributed by atoms with van der Waals surface area (Å²) in [4.78, 5) is 2.30. The van der Waals surface area contributed by atoms with Gasteiger partial charge in [0.2, 0.25) is 0 Å². The Kier molecular flexibility index (Phi) is 4.03. The van der Waals surface area contributed by atoms with Crippen LogP contribution >= 0.6 is 0 Å². The van der Waals surface area contributed by atoms with Crippen LogP contribution in [0.15, 0.2) is 18.2 Å². The van der Waals surface area contributed by atoms with E-state index in [9.17, 15) is 9.50 Å². The molecule has 0 unspecified atom stereocenters. The van der Waals surface area contributed by atoms with E-state index in [0.29, 0.717) is 12.1 Å². The van der Waals surface area contributed by atoms with Gasteiger partial charge in [-0.15, -0.1) is 0 Å². The Morgan fingerprint density at radius 1 is 1.22 bits per heavy atom. The third kappa shape index (κ3) is 3.30. The number of halogens is 1. The maximum atomic E-state index is 14.0. The average molecular weight is 251 g/mol. The van der Waals surface area contributed by atoms with Crippen LogP contribution in [0.25, 0.3) is 0 Å². The highest BCUT2D eigenvalue weighted by molar-refractivity contribution is 5.27. The summed E-state index contributed by atoms with van der Waals surface area (Å²) in [6.45, 7) is 6.15. The van der Waals surface area contributed by atoms with Crippen molar-refractivity contribution in [3.05, 3.63) is 35.1 Å². The topological polar surface area (TPSA) is 23.5 Å². The fraction of sp³-hybridized carbons (Fsp3) is 0.600. The lowest BCUT2D eigenvalue weighted by Crippen LogP contribution is -2.29. The highest BCUT2D eigenvalue weighted by Gasteiger charge is 2.18. The third-order valence-electron chi connectivity index (χ3n) is 3.60. The summed E-state index contributed by atoms with van der Waals surface area (Å²) in [6, 6.07) is 5.08. The fourth-order valence-corrected chi connectivity index (χ4v) is 2.41. The van der Waals surface area contributed by atoms with Crippen LogP contribution in [0.3, 0.4) is 0 Å². The minimum atomic E-state index is -0.982. The Morgan fingerprint density at radius 3 is 2.44 bits per heavy atom. The molecule has 100 valence electrons. The molecule has 0 aliphatic carbocycles. The van der Waals surface area contributed by atoms with Crippen molar-refractivity contribution < 1.29 is 9.50 Å².